The number of hydrogen-bond donors (Lipinski definition) is 1. The zero-order chi connectivity index (χ0) is 25.1. The van der Waals surface area contributed by atoms with E-state index in [9.17, 15) is 48.7 Å². The Hall–Kier alpha value is -1.94. The SMILES string of the molecule is C=C(C)C(=O)OC(OCCC(F)(F)C(F)(F)S(=O)(=O)O)(C(=O)N(CC)CC)C(F)(F)F. The molecule has 0 aliphatic heterocycles. The predicted molar refractivity (Wildman–Crippen MR) is 89.6 cm³/mol. The van der Waals surface area contributed by atoms with Crippen molar-refractivity contribution in [3.05, 3.63) is 12.2 Å². The van der Waals surface area contributed by atoms with Gasteiger partial charge in [-0.25, -0.2) is 4.79 Å². The molecule has 0 saturated heterocycles. The predicted octanol–water partition coefficient (Wildman–Crippen LogP) is 2.76. The fraction of sp³-hybridized carbons (Fsp3) is 0.733. The first-order valence-electron chi connectivity index (χ1n) is 8.33. The Labute approximate surface area is 172 Å². The van der Waals surface area contributed by atoms with Gasteiger partial charge in [0.2, 0.25) is 0 Å². The number of carbonyl (C=O) groups excluding carboxylic acids is 2. The van der Waals surface area contributed by atoms with Crippen molar-refractivity contribution in [3.63, 3.8) is 0 Å². The monoisotopic (exact) mass is 491 g/mol. The number of rotatable bonds is 11. The molecule has 0 bridgehead atoms. The Morgan fingerprint density at radius 3 is 1.81 bits per heavy atom. The highest BCUT2D eigenvalue weighted by atomic mass is 32.2. The third kappa shape index (κ3) is 6.06. The number of esters is 1. The molecule has 0 fully saturated rings. The lowest BCUT2D eigenvalue weighted by Gasteiger charge is -2.37. The van der Waals surface area contributed by atoms with Crippen LogP contribution in [-0.2, 0) is 29.2 Å². The summed E-state index contributed by atoms with van der Waals surface area (Å²) in [5, 5.41) is -6.08. The molecule has 0 aromatic heterocycles. The van der Waals surface area contributed by atoms with Crippen LogP contribution in [0.5, 0.6) is 0 Å². The minimum absolute atomic E-state index is 0.377. The Morgan fingerprint density at radius 1 is 1.03 bits per heavy atom. The van der Waals surface area contributed by atoms with Crippen molar-refractivity contribution in [2.24, 2.45) is 0 Å². The molecule has 0 aromatic carbocycles. The quantitative estimate of drug-likeness (QED) is 0.156. The smallest absolute Gasteiger partial charge is 0.412 e. The van der Waals surface area contributed by atoms with E-state index in [0.717, 1.165) is 6.92 Å². The van der Waals surface area contributed by atoms with Crippen LogP contribution >= 0.6 is 0 Å². The van der Waals surface area contributed by atoms with E-state index >= 15 is 0 Å². The van der Waals surface area contributed by atoms with Gasteiger partial charge in [0.15, 0.2) is 0 Å². The number of carbonyl (C=O) groups is 2. The Balaban J connectivity index is 6.20. The first kappa shape index (κ1) is 29.1. The average Bonchev–Trinajstić information content (AvgIpc) is 2.59. The summed E-state index contributed by atoms with van der Waals surface area (Å²) in [6, 6.07) is 0. The molecule has 182 valence electrons. The van der Waals surface area contributed by atoms with Gasteiger partial charge in [-0.3, -0.25) is 9.35 Å². The molecular formula is C15H20F7NO7S. The molecule has 1 amide bonds. The van der Waals surface area contributed by atoms with Crippen molar-refractivity contribution in [3.8, 4) is 0 Å². The number of amides is 1. The van der Waals surface area contributed by atoms with E-state index in [1.54, 1.807) is 0 Å². The van der Waals surface area contributed by atoms with Crippen LogP contribution in [0.2, 0.25) is 0 Å². The van der Waals surface area contributed by atoms with Gasteiger partial charge in [0.25, 0.3) is 0 Å². The van der Waals surface area contributed by atoms with Crippen molar-refractivity contribution >= 4 is 22.0 Å². The molecule has 0 saturated carbocycles. The normalized spacial score (nSPS) is 15.2. The van der Waals surface area contributed by atoms with Gasteiger partial charge in [0.05, 0.1) is 6.61 Å². The van der Waals surface area contributed by atoms with Gasteiger partial charge in [-0.1, -0.05) is 6.58 Å². The number of halogens is 7. The molecule has 0 radical (unpaired) electrons. The standard InChI is InChI=1S/C15H20F7NO7S/c1-5-23(6-2)11(25)13(14(18,19)20,30-10(24)9(3)4)29-8-7-12(16,17)15(21,22)31(26,27)28/h3,5-8H2,1-2,4H3,(H,26,27,28). The molecule has 31 heavy (non-hydrogen) atoms. The highest BCUT2D eigenvalue weighted by Gasteiger charge is 2.69. The summed E-state index contributed by atoms with van der Waals surface area (Å²) in [6.45, 7) is 3.57. The molecule has 0 heterocycles. The van der Waals surface area contributed by atoms with E-state index in [4.69, 9.17) is 4.55 Å². The lowest BCUT2D eigenvalue weighted by Crippen LogP contribution is -2.62. The largest absolute Gasteiger partial charge is 0.466 e. The summed E-state index contributed by atoms with van der Waals surface area (Å²) in [4.78, 5) is 24.6. The first-order chi connectivity index (χ1) is 13.7. The summed E-state index contributed by atoms with van der Waals surface area (Å²) < 4.78 is 132. The minimum atomic E-state index is -6.66. The molecule has 8 nitrogen and oxygen atoms in total. The number of ether oxygens (including phenoxy) is 2. The van der Waals surface area contributed by atoms with Crippen LogP contribution in [0, 0.1) is 0 Å². The lowest BCUT2D eigenvalue weighted by atomic mass is 10.2. The maximum absolute atomic E-state index is 13.8. The van der Waals surface area contributed by atoms with Gasteiger partial charge in [0, 0.05) is 25.1 Å². The van der Waals surface area contributed by atoms with E-state index in [2.05, 4.69) is 16.1 Å². The zero-order valence-electron chi connectivity index (χ0n) is 16.4. The number of likely N-dealkylation sites (N-methyl/N-ethyl adjacent to an activating group) is 1. The molecule has 0 aromatic rings. The maximum Gasteiger partial charge on any atom is 0.466 e. The van der Waals surface area contributed by atoms with Crippen LogP contribution in [-0.4, -0.2) is 72.6 Å². The van der Waals surface area contributed by atoms with Crippen molar-refractivity contribution in [2.75, 3.05) is 19.7 Å². The van der Waals surface area contributed by atoms with E-state index in [-0.39, 0.29) is 13.1 Å². The van der Waals surface area contributed by atoms with Crippen LogP contribution in [0.15, 0.2) is 12.2 Å². The molecule has 1 unspecified atom stereocenters. The van der Waals surface area contributed by atoms with Crippen LogP contribution in [0.4, 0.5) is 30.7 Å². The number of alkyl halides is 7. The van der Waals surface area contributed by atoms with E-state index < -0.39 is 63.7 Å². The van der Waals surface area contributed by atoms with Crippen LogP contribution in [0.25, 0.3) is 0 Å². The summed E-state index contributed by atoms with van der Waals surface area (Å²) in [5.74, 6) is -14.0. The highest BCUT2D eigenvalue weighted by molar-refractivity contribution is 7.87. The molecule has 16 heteroatoms. The van der Waals surface area contributed by atoms with Crippen molar-refractivity contribution in [1.29, 1.82) is 0 Å². The Morgan fingerprint density at radius 2 is 1.48 bits per heavy atom. The summed E-state index contributed by atoms with van der Waals surface area (Å²) in [7, 11) is -6.66. The summed E-state index contributed by atoms with van der Waals surface area (Å²) in [6.07, 6.45) is -8.29. The second kappa shape index (κ2) is 9.68. The molecule has 0 spiro atoms. The molecule has 1 N–H and O–H groups in total. The molecule has 0 aliphatic carbocycles. The second-order valence-corrected chi connectivity index (χ2v) is 7.52. The molecule has 1 atom stereocenters. The van der Waals surface area contributed by atoms with Gasteiger partial charge in [0.1, 0.15) is 0 Å². The van der Waals surface area contributed by atoms with Crippen molar-refractivity contribution in [1.82, 2.24) is 4.90 Å². The van der Waals surface area contributed by atoms with Crippen molar-refractivity contribution in [2.45, 2.75) is 50.3 Å². The minimum Gasteiger partial charge on any atom is -0.412 e. The Bertz CT molecular complexity index is 794. The zero-order valence-corrected chi connectivity index (χ0v) is 17.2. The third-order valence-electron chi connectivity index (χ3n) is 3.76. The second-order valence-electron chi connectivity index (χ2n) is 6.06. The van der Waals surface area contributed by atoms with E-state index in [0.29, 0.717) is 4.90 Å². The molecule has 0 rings (SSSR count). The third-order valence-corrected chi connectivity index (χ3v) is 4.71. The first-order valence-corrected chi connectivity index (χ1v) is 9.77. The highest BCUT2D eigenvalue weighted by Crippen LogP contribution is 2.42. The van der Waals surface area contributed by atoms with Gasteiger partial charge in [-0.15, -0.1) is 0 Å². The number of hydrogen-bond acceptors (Lipinski definition) is 6. The fourth-order valence-corrected chi connectivity index (χ4v) is 2.47. The summed E-state index contributed by atoms with van der Waals surface area (Å²) in [5.41, 5.74) is -0.646. The lowest BCUT2D eigenvalue weighted by molar-refractivity contribution is -0.352. The summed E-state index contributed by atoms with van der Waals surface area (Å²) >= 11 is 0. The van der Waals surface area contributed by atoms with Crippen molar-refractivity contribution < 1.29 is 62.8 Å². The average molecular weight is 491 g/mol. The number of nitrogens with zero attached hydrogens (tertiary/aromatic N) is 1. The molecular weight excluding hydrogens is 471 g/mol. The van der Waals surface area contributed by atoms with Gasteiger partial charge in [-0.2, -0.15) is 39.2 Å². The van der Waals surface area contributed by atoms with Gasteiger partial charge < -0.3 is 14.4 Å². The van der Waals surface area contributed by atoms with E-state index in [1.165, 1.54) is 13.8 Å². The van der Waals surface area contributed by atoms with Gasteiger partial charge in [-0.05, 0) is 20.8 Å². The van der Waals surface area contributed by atoms with Crippen LogP contribution in [0.1, 0.15) is 27.2 Å². The topological polar surface area (TPSA) is 110 Å². The maximum atomic E-state index is 13.8. The molecule has 0 aliphatic rings. The van der Waals surface area contributed by atoms with Crippen LogP contribution in [0.3, 0.4) is 0 Å². The van der Waals surface area contributed by atoms with E-state index in [1.807, 2.05) is 0 Å². The van der Waals surface area contributed by atoms with Gasteiger partial charge >= 0.3 is 45.1 Å². The Kier molecular flexibility index (Phi) is 9.08. The van der Waals surface area contributed by atoms with Crippen LogP contribution < -0.4 is 0 Å². The fourth-order valence-electron chi connectivity index (χ4n) is 1.99.